The zero-order valence-corrected chi connectivity index (χ0v) is 17.0. The summed E-state index contributed by atoms with van der Waals surface area (Å²) in [6.07, 6.45) is 1.60. The Balaban J connectivity index is 1.48. The Labute approximate surface area is 175 Å². The van der Waals surface area contributed by atoms with Crippen LogP contribution in [0.2, 0.25) is 0 Å². The first kappa shape index (κ1) is 19.8. The maximum atomic E-state index is 13.0. The third-order valence-corrected chi connectivity index (χ3v) is 5.40. The molecule has 7 heteroatoms. The van der Waals surface area contributed by atoms with E-state index in [2.05, 4.69) is 15.5 Å². The number of nitrogens with zero attached hydrogens (tertiary/aromatic N) is 3. The fourth-order valence-corrected chi connectivity index (χ4v) is 3.77. The molecular formula is C23H24N4O3. The Hall–Kier alpha value is -3.48. The topological polar surface area (TPSA) is 88.3 Å². The number of nitrogens with one attached hydrogen (secondary N) is 1. The van der Waals surface area contributed by atoms with E-state index in [4.69, 9.17) is 4.52 Å². The lowest BCUT2D eigenvalue weighted by Crippen LogP contribution is -2.46. The standard InChI is InChI=1S/C23H24N4O3/c1-15-9-6-7-12-18(15)20-25-22(30-26-20)19-13-8-14-27(19)23(29)16(2)24-21(28)17-10-4-3-5-11-17/h3-7,9-12,16,19H,8,13-14H2,1-2H3,(H,24,28)/t16-,19-/m1/s1. The van der Waals surface area contributed by atoms with Gasteiger partial charge in [0, 0.05) is 17.7 Å². The number of likely N-dealkylation sites (tertiary alicyclic amines) is 1. The molecular weight excluding hydrogens is 380 g/mol. The number of amides is 2. The van der Waals surface area contributed by atoms with Gasteiger partial charge in [0.15, 0.2) is 0 Å². The van der Waals surface area contributed by atoms with E-state index >= 15 is 0 Å². The van der Waals surface area contributed by atoms with Crippen molar-refractivity contribution in [3.63, 3.8) is 0 Å². The Morgan fingerprint density at radius 2 is 1.87 bits per heavy atom. The second-order valence-corrected chi connectivity index (χ2v) is 7.52. The molecule has 1 aromatic heterocycles. The summed E-state index contributed by atoms with van der Waals surface area (Å²) >= 11 is 0. The molecule has 0 radical (unpaired) electrons. The van der Waals surface area contributed by atoms with Crippen LogP contribution in [0.5, 0.6) is 0 Å². The van der Waals surface area contributed by atoms with Crippen molar-refractivity contribution >= 4 is 11.8 Å². The molecule has 2 amide bonds. The van der Waals surface area contributed by atoms with Crippen LogP contribution in [0.3, 0.4) is 0 Å². The summed E-state index contributed by atoms with van der Waals surface area (Å²) in [5.41, 5.74) is 2.49. The molecule has 30 heavy (non-hydrogen) atoms. The zero-order chi connectivity index (χ0) is 21.1. The zero-order valence-electron chi connectivity index (χ0n) is 17.0. The van der Waals surface area contributed by atoms with Gasteiger partial charge in [-0.05, 0) is 44.4 Å². The molecule has 0 aliphatic carbocycles. The van der Waals surface area contributed by atoms with Crippen LogP contribution in [0.25, 0.3) is 11.4 Å². The smallest absolute Gasteiger partial charge is 0.251 e. The summed E-state index contributed by atoms with van der Waals surface area (Å²) in [5, 5.41) is 6.91. The second kappa shape index (κ2) is 8.49. The third kappa shape index (κ3) is 3.96. The van der Waals surface area contributed by atoms with Gasteiger partial charge in [-0.15, -0.1) is 0 Å². The highest BCUT2D eigenvalue weighted by Gasteiger charge is 2.36. The lowest BCUT2D eigenvalue weighted by atomic mass is 10.1. The number of rotatable bonds is 5. The highest BCUT2D eigenvalue weighted by molar-refractivity contribution is 5.97. The van der Waals surface area contributed by atoms with Crippen LogP contribution in [0.4, 0.5) is 0 Å². The number of carbonyl (C=O) groups is 2. The SMILES string of the molecule is Cc1ccccc1-c1noc([C@H]2CCCN2C(=O)[C@@H](C)NC(=O)c2ccccc2)n1. The van der Waals surface area contributed by atoms with Crippen LogP contribution >= 0.6 is 0 Å². The van der Waals surface area contributed by atoms with E-state index < -0.39 is 6.04 Å². The van der Waals surface area contributed by atoms with E-state index in [0.717, 1.165) is 24.0 Å². The van der Waals surface area contributed by atoms with Crippen molar-refractivity contribution in [1.82, 2.24) is 20.4 Å². The van der Waals surface area contributed by atoms with E-state index in [9.17, 15) is 9.59 Å². The molecule has 7 nitrogen and oxygen atoms in total. The first-order chi connectivity index (χ1) is 14.5. The molecule has 0 saturated carbocycles. The monoisotopic (exact) mass is 404 g/mol. The predicted molar refractivity (Wildman–Crippen MR) is 112 cm³/mol. The molecule has 1 aliphatic rings. The normalized spacial score (nSPS) is 17.0. The first-order valence-electron chi connectivity index (χ1n) is 10.1. The molecule has 3 aromatic rings. The number of aromatic nitrogens is 2. The van der Waals surface area contributed by atoms with Crippen molar-refractivity contribution in [2.45, 2.75) is 38.8 Å². The summed E-state index contributed by atoms with van der Waals surface area (Å²) in [6, 6.07) is 15.8. The van der Waals surface area contributed by atoms with Gasteiger partial charge in [0.05, 0.1) is 0 Å². The number of hydrogen-bond acceptors (Lipinski definition) is 5. The van der Waals surface area contributed by atoms with Crippen LogP contribution in [-0.4, -0.2) is 39.4 Å². The van der Waals surface area contributed by atoms with Gasteiger partial charge in [0.2, 0.25) is 17.6 Å². The van der Waals surface area contributed by atoms with Gasteiger partial charge in [-0.25, -0.2) is 0 Å². The van der Waals surface area contributed by atoms with Gasteiger partial charge in [0.1, 0.15) is 12.1 Å². The third-order valence-electron chi connectivity index (χ3n) is 5.40. The van der Waals surface area contributed by atoms with Crippen LogP contribution < -0.4 is 5.32 Å². The van der Waals surface area contributed by atoms with Crippen LogP contribution in [-0.2, 0) is 4.79 Å². The molecule has 0 spiro atoms. The summed E-state index contributed by atoms with van der Waals surface area (Å²) in [5.74, 6) is 0.526. The van der Waals surface area contributed by atoms with Crippen LogP contribution in [0.1, 0.15) is 47.6 Å². The molecule has 2 heterocycles. The van der Waals surface area contributed by atoms with Gasteiger partial charge in [0.25, 0.3) is 5.91 Å². The molecule has 2 aromatic carbocycles. The van der Waals surface area contributed by atoms with E-state index in [1.165, 1.54) is 0 Å². The Kier molecular flexibility index (Phi) is 5.61. The molecule has 2 atom stereocenters. The highest BCUT2D eigenvalue weighted by atomic mass is 16.5. The summed E-state index contributed by atoms with van der Waals surface area (Å²) in [6.45, 7) is 4.29. The minimum Gasteiger partial charge on any atom is -0.341 e. The fraction of sp³-hybridized carbons (Fsp3) is 0.304. The minimum absolute atomic E-state index is 0.155. The minimum atomic E-state index is -0.655. The van der Waals surface area contributed by atoms with Crippen molar-refractivity contribution in [3.8, 4) is 11.4 Å². The van der Waals surface area contributed by atoms with Crippen molar-refractivity contribution in [3.05, 3.63) is 71.6 Å². The lowest BCUT2D eigenvalue weighted by molar-refractivity contribution is -0.134. The molecule has 1 aliphatic heterocycles. The Bertz CT molecular complexity index is 1050. The molecule has 1 fully saturated rings. The predicted octanol–water partition coefficient (Wildman–Crippen LogP) is 3.53. The second-order valence-electron chi connectivity index (χ2n) is 7.52. The molecule has 1 saturated heterocycles. The molecule has 4 rings (SSSR count). The van der Waals surface area contributed by atoms with Crippen molar-refractivity contribution in [2.75, 3.05) is 6.54 Å². The van der Waals surface area contributed by atoms with Crippen LogP contribution in [0, 0.1) is 6.92 Å². The van der Waals surface area contributed by atoms with E-state index in [-0.39, 0.29) is 17.9 Å². The van der Waals surface area contributed by atoms with Gasteiger partial charge in [-0.1, -0.05) is 47.6 Å². The van der Waals surface area contributed by atoms with Crippen molar-refractivity contribution in [1.29, 1.82) is 0 Å². The number of carbonyl (C=O) groups excluding carboxylic acids is 2. The quantitative estimate of drug-likeness (QED) is 0.703. The number of hydrogen-bond donors (Lipinski definition) is 1. The average molecular weight is 404 g/mol. The molecule has 0 unspecified atom stereocenters. The maximum Gasteiger partial charge on any atom is 0.251 e. The van der Waals surface area contributed by atoms with Crippen LogP contribution in [0.15, 0.2) is 59.1 Å². The van der Waals surface area contributed by atoms with Gasteiger partial charge >= 0.3 is 0 Å². The molecule has 1 N–H and O–H groups in total. The molecule has 154 valence electrons. The number of aryl methyl sites for hydroxylation is 1. The van der Waals surface area contributed by atoms with Gasteiger partial charge < -0.3 is 14.7 Å². The molecule has 0 bridgehead atoms. The fourth-order valence-electron chi connectivity index (χ4n) is 3.77. The Morgan fingerprint density at radius 3 is 2.63 bits per heavy atom. The van der Waals surface area contributed by atoms with E-state index in [1.807, 2.05) is 37.3 Å². The number of benzene rings is 2. The highest BCUT2D eigenvalue weighted by Crippen LogP contribution is 2.33. The maximum absolute atomic E-state index is 13.0. The van der Waals surface area contributed by atoms with Crippen molar-refractivity contribution in [2.24, 2.45) is 0 Å². The Morgan fingerprint density at radius 1 is 1.13 bits per heavy atom. The van der Waals surface area contributed by atoms with Gasteiger partial charge in [-0.3, -0.25) is 9.59 Å². The lowest BCUT2D eigenvalue weighted by Gasteiger charge is -2.25. The summed E-state index contributed by atoms with van der Waals surface area (Å²) in [4.78, 5) is 31.7. The van der Waals surface area contributed by atoms with Gasteiger partial charge in [-0.2, -0.15) is 4.98 Å². The summed E-state index contributed by atoms with van der Waals surface area (Å²) in [7, 11) is 0. The first-order valence-corrected chi connectivity index (χ1v) is 10.1. The van der Waals surface area contributed by atoms with E-state index in [0.29, 0.717) is 23.8 Å². The average Bonchev–Trinajstić information content (AvgIpc) is 3.43. The largest absolute Gasteiger partial charge is 0.341 e. The van der Waals surface area contributed by atoms with E-state index in [1.54, 1.807) is 36.1 Å². The summed E-state index contributed by atoms with van der Waals surface area (Å²) < 4.78 is 5.53. The van der Waals surface area contributed by atoms with Crippen molar-refractivity contribution < 1.29 is 14.1 Å².